The Labute approximate surface area is 344 Å². The van der Waals surface area contributed by atoms with Gasteiger partial charge in [-0.25, -0.2) is 9.97 Å². The van der Waals surface area contributed by atoms with Crippen molar-refractivity contribution in [3.05, 3.63) is 200 Å². The van der Waals surface area contributed by atoms with Crippen LogP contribution in [0.25, 0.3) is 126 Å². The number of benzene rings is 10. The third-order valence-electron chi connectivity index (χ3n) is 12.3. The first-order valence-corrected chi connectivity index (χ1v) is 20.4. The zero-order chi connectivity index (χ0) is 39.3. The van der Waals surface area contributed by atoms with Crippen LogP contribution in [0.4, 0.5) is 0 Å². The van der Waals surface area contributed by atoms with Crippen LogP contribution in [-0.4, -0.2) is 14.5 Å². The summed E-state index contributed by atoms with van der Waals surface area (Å²) in [6.45, 7) is 0. The number of aromatic nitrogens is 3. The van der Waals surface area contributed by atoms with Gasteiger partial charge in [-0.1, -0.05) is 158 Å². The van der Waals surface area contributed by atoms with E-state index >= 15 is 0 Å². The molecule has 4 heteroatoms. The minimum atomic E-state index is 0.647. The second-order valence-electron chi connectivity index (χ2n) is 15.7. The molecule has 0 N–H and O–H groups in total. The van der Waals surface area contributed by atoms with E-state index in [1.165, 1.54) is 48.5 Å². The van der Waals surface area contributed by atoms with E-state index < -0.39 is 0 Å². The third-order valence-corrected chi connectivity index (χ3v) is 12.3. The molecule has 0 aliphatic carbocycles. The van der Waals surface area contributed by atoms with E-state index in [-0.39, 0.29) is 0 Å². The molecule has 0 fully saturated rings. The second kappa shape index (κ2) is 12.7. The molecular weight excluding hydrogens is 731 g/mol. The zero-order valence-electron chi connectivity index (χ0n) is 32.3. The van der Waals surface area contributed by atoms with Gasteiger partial charge in [0.2, 0.25) is 0 Å². The van der Waals surface area contributed by atoms with E-state index in [4.69, 9.17) is 14.4 Å². The summed E-state index contributed by atoms with van der Waals surface area (Å²) < 4.78 is 9.41. The number of fused-ring (bicyclic) bond motifs is 13. The maximum atomic E-state index is 6.96. The molecule has 0 atom stereocenters. The molecule has 0 aliphatic heterocycles. The Morgan fingerprint density at radius 1 is 0.367 bits per heavy atom. The Kier molecular flexibility index (Phi) is 6.98. The maximum Gasteiger partial charge on any atom is 0.180 e. The van der Waals surface area contributed by atoms with Crippen LogP contribution in [0.2, 0.25) is 0 Å². The number of furan rings is 1. The SMILES string of the molecule is c1ccc(-c2ccc3oc4c(-c5cc6c7ccccc7c7ccccc7c6cc5-n5c6ccccc6c6cc7ccccc7cc65)nc(-c5ccccc5)nc4c3c2)cc1. The topological polar surface area (TPSA) is 43.9 Å². The lowest BCUT2D eigenvalue weighted by Crippen LogP contribution is -2.01. The summed E-state index contributed by atoms with van der Waals surface area (Å²) in [5.41, 5.74) is 10.4. The van der Waals surface area contributed by atoms with Crippen molar-refractivity contribution in [2.75, 3.05) is 0 Å². The van der Waals surface area contributed by atoms with Crippen LogP contribution in [0.15, 0.2) is 205 Å². The highest BCUT2D eigenvalue weighted by Crippen LogP contribution is 2.46. The van der Waals surface area contributed by atoms with Crippen LogP contribution >= 0.6 is 0 Å². The number of nitrogens with zero attached hydrogens (tertiary/aromatic N) is 3. The molecule has 4 nitrogen and oxygen atoms in total. The Morgan fingerprint density at radius 2 is 0.950 bits per heavy atom. The molecule has 0 amide bonds. The molecule has 10 aromatic carbocycles. The quantitative estimate of drug-likeness (QED) is 0.168. The summed E-state index contributed by atoms with van der Waals surface area (Å²) in [6, 6.07) is 71.6. The predicted molar refractivity (Wildman–Crippen MR) is 250 cm³/mol. The van der Waals surface area contributed by atoms with Crippen LogP contribution in [-0.2, 0) is 0 Å². The first-order valence-electron chi connectivity index (χ1n) is 20.4. The molecule has 13 rings (SSSR count). The molecule has 60 heavy (non-hydrogen) atoms. The van der Waals surface area contributed by atoms with Gasteiger partial charge in [0, 0.05) is 27.3 Å². The molecule has 0 radical (unpaired) electrons. The van der Waals surface area contributed by atoms with Gasteiger partial charge in [0.05, 0.1) is 16.7 Å². The smallest absolute Gasteiger partial charge is 0.180 e. The van der Waals surface area contributed by atoms with Crippen LogP contribution < -0.4 is 0 Å². The fourth-order valence-corrected chi connectivity index (χ4v) is 9.58. The highest BCUT2D eigenvalue weighted by atomic mass is 16.3. The second-order valence-corrected chi connectivity index (χ2v) is 15.7. The lowest BCUT2D eigenvalue weighted by molar-refractivity contribution is 0.667. The number of para-hydroxylation sites is 1. The van der Waals surface area contributed by atoms with Gasteiger partial charge in [-0.15, -0.1) is 0 Å². The zero-order valence-corrected chi connectivity index (χ0v) is 32.3. The van der Waals surface area contributed by atoms with Gasteiger partial charge in [-0.3, -0.25) is 0 Å². The summed E-state index contributed by atoms with van der Waals surface area (Å²) in [5.74, 6) is 0.647. The van der Waals surface area contributed by atoms with Gasteiger partial charge in [0.1, 0.15) is 16.8 Å². The van der Waals surface area contributed by atoms with E-state index in [2.05, 4.69) is 180 Å². The van der Waals surface area contributed by atoms with Gasteiger partial charge in [0.15, 0.2) is 11.4 Å². The third kappa shape index (κ3) is 4.85. The van der Waals surface area contributed by atoms with Crippen molar-refractivity contribution in [2.24, 2.45) is 0 Å². The normalized spacial score (nSPS) is 12.0. The Hall–Kier alpha value is -8.08. The maximum absolute atomic E-state index is 6.96. The molecular formula is C56H33N3O. The van der Waals surface area contributed by atoms with Crippen molar-refractivity contribution in [2.45, 2.75) is 0 Å². The number of rotatable bonds is 4. The minimum absolute atomic E-state index is 0.647. The molecule has 278 valence electrons. The average Bonchev–Trinajstić information content (AvgIpc) is 3.85. The van der Waals surface area contributed by atoms with Gasteiger partial charge < -0.3 is 8.98 Å². The summed E-state index contributed by atoms with van der Waals surface area (Å²) in [6.07, 6.45) is 0. The van der Waals surface area contributed by atoms with Crippen molar-refractivity contribution in [1.29, 1.82) is 0 Å². The van der Waals surface area contributed by atoms with Gasteiger partial charge >= 0.3 is 0 Å². The predicted octanol–water partition coefficient (Wildman–Crippen LogP) is 15.1. The van der Waals surface area contributed by atoms with Gasteiger partial charge in [-0.2, -0.15) is 0 Å². The molecule has 3 aromatic heterocycles. The van der Waals surface area contributed by atoms with Gasteiger partial charge in [0.25, 0.3) is 0 Å². The average molecular weight is 764 g/mol. The van der Waals surface area contributed by atoms with E-state index in [0.717, 1.165) is 66.5 Å². The highest BCUT2D eigenvalue weighted by Gasteiger charge is 2.25. The number of hydrogen-bond donors (Lipinski definition) is 0. The van der Waals surface area contributed by atoms with E-state index in [0.29, 0.717) is 11.4 Å². The fraction of sp³-hybridized carbons (Fsp3) is 0. The van der Waals surface area contributed by atoms with Crippen LogP contribution in [0.5, 0.6) is 0 Å². The molecule has 3 heterocycles. The number of hydrogen-bond acceptors (Lipinski definition) is 3. The molecule has 0 unspecified atom stereocenters. The van der Waals surface area contributed by atoms with E-state index in [9.17, 15) is 0 Å². The first kappa shape index (κ1) is 32.9. The Morgan fingerprint density at radius 3 is 1.67 bits per heavy atom. The standard InChI is InChI=1S/C56H33N3O/c1-3-15-34(16-4-1)38-27-28-52-48(30-38)54-55(60-52)53(57-56(58-54)35-17-5-2-6-18-35)47-32-44-41-23-11-9-21-39(41)40-22-10-12-24-42(40)45(44)33-51(47)59-49-26-14-13-25-43(49)46-29-36-19-7-8-20-37(36)31-50(46)59/h1-33H. The van der Waals surface area contributed by atoms with Crippen LogP contribution in [0.3, 0.4) is 0 Å². The summed E-state index contributed by atoms with van der Waals surface area (Å²) in [4.78, 5) is 10.9. The highest BCUT2D eigenvalue weighted by molar-refractivity contribution is 6.27. The monoisotopic (exact) mass is 763 g/mol. The summed E-state index contributed by atoms with van der Waals surface area (Å²) >= 11 is 0. The molecule has 0 spiro atoms. The lowest BCUT2D eigenvalue weighted by atomic mass is 9.91. The fourth-order valence-electron chi connectivity index (χ4n) is 9.58. The van der Waals surface area contributed by atoms with Crippen LogP contribution in [0, 0.1) is 0 Å². The van der Waals surface area contributed by atoms with E-state index in [1.54, 1.807) is 0 Å². The minimum Gasteiger partial charge on any atom is -0.452 e. The van der Waals surface area contributed by atoms with Crippen molar-refractivity contribution in [3.8, 4) is 39.5 Å². The largest absolute Gasteiger partial charge is 0.452 e. The molecule has 0 saturated carbocycles. The van der Waals surface area contributed by atoms with Crippen molar-refractivity contribution < 1.29 is 4.42 Å². The Bertz CT molecular complexity index is 3880. The molecule has 0 bridgehead atoms. The first-order chi connectivity index (χ1) is 29.7. The summed E-state index contributed by atoms with van der Waals surface area (Å²) in [7, 11) is 0. The molecule has 13 aromatic rings. The van der Waals surface area contributed by atoms with Crippen LogP contribution in [0.1, 0.15) is 0 Å². The molecule has 0 aliphatic rings. The van der Waals surface area contributed by atoms with Crippen molar-refractivity contribution >= 4 is 87.0 Å². The van der Waals surface area contributed by atoms with Crippen molar-refractivity contribution in [1.82, 2.24) is 14.5 Å². The van der Waals surface area contributed by atoms with E-state index in [1.807, 2.05) is 24.3 Å². The lowest BCUT2D eigenvalue weighted by Gasteiger charge is -2.18. The molecule has 0 saturated heterocycles. The Balaban J connectivity index is 1.23. The van der Waals surface area contributed by atoms with Crippen molar-refractivity contribution in [3.63, 3.8) is 0 Å². The van der Waals surface area contributed by atoms with Gasteiger partial charge in [-0.05, 0) is 96.7 Å². The summed E-state index contributed by atoms with van der Waals surface area (Å²) in [5, 5.41) is 12.9.